The van der Waals surface area contributed by atoms with Gasteiger partial charge in [0.15, 0.2) is 11.5 Å². The number of nitrogens with zero attached hydrogens (tertiary/aromatic N) is 1. The number of benzene rings is 2. The Balaban J connectivity index is 1.85. The van der Waals surface area contributed by atoms with Gasteiger partial charge >= 0.3 is 0 Å². The minimum Gasteiger partial charge on any atom is -0.507 e. The summed E-state index contributed by atoms with van der Waals surface area (Å²) in [6.07, 6.45) is 0. The van der Waals surface area contributed by atoms with Crippen molar-refractivity contribution in [3.8, 4) is 11.5 Å². The maximum absolute atomic E-state index is 14.6. The third-order valence-electron chi connectivity index (χ3n) is 5.09. The van der Waals surface area contributed by atoms with Gasteiger partial charge in [0.05, 0.1) is 18.2 Å². The van der Waals surface area contributed by atoms with Crippen LogP contribution in [0.3, 0.4) is 0 Å². The summed E-state index contributed by atoms with van der Waals surface area (Å²) < 4.78 is 30.7. The van der Waals surface area contributed by atoms with Crippen molar-refractivity contribution in [1.82, 2.24) is 4.90 Å². The number of Topliss-reactive ketones (excluding diaryl/α,β-unsaturated/α-hetero) is 1. The van der Waals surface area contributed by atoms with Gasteiger partial charge in [0.1, 0.15) is 24.8 Å². The molecule has 1 atom stereocenters. The van der Waals surface area contributed by atoms with Crippen LogP contribution >= 0.6 is 0 Å². The Kier molecular flexibility index (Phi) is 5.41. The number of aliphatic hydroxyl groups is 1. The maximum atomic E-state index is 14.6. The third kappa shape index (κ3) is 3.39. The summed E-state index contributed by atoms with van der Waals surface area (Å²) in [5.41, 5.74) is 0.204. The second kappa shape index (κ2) is 8.16. The molecule has 156 valence electrons. The highest BCUT2D eigenvalue weighted by molar-refractivity contribution is 6.46. The van der Waals surface area contributed by atoms with Gasteiger partial charge in [0, 0.05) is 24.8 Å². The summed E-state index contributed by atoms with van der Waals surface area (Å²) >= 11 is 0. The zero-order valence-electron chi connectivity index (χ0n) is 16.3. The number of carbonyl (C=O) groups excluding carboxylic acids is 2. The van der Waals surface area contributed by atoms with E-state index >= 15 is 0 Å². The van der Waals surface area contributed by atoms with Crippen molar-refractivity contribution in [3.63, 3.8) is 0 Å². The molecule has 0 spiro atoms. The van der Waals surface area contributed by atoms with Gasteiger partial charge in [-0.25, -0.2) is 4.39 Å². The SMILES string of the molecule is COCCN1C(=O)C(=O)/C(=C(/O)c2ccc3c(c2)OCCO3)C1c1ccccc1F. The molecule has 1 fully saturated rings. The Morgan fingerprint density at radius 2 is 1.90 bits per heavy atom. The van der Waals surface area contributed by atoms with E-state index in [1.54, 1.807) is 18.2 Å². The molecule has 1 saturated heterocycles. The van der Waals surface area contributed by atoms with Crippen molar-refractivity contribution < 1.29 is 33.3 Å². The summed E-state index contributed by atoms with van der Waals surface area (Å²) in [6.45, 7) is 0.990. The lowest BCUT2D eigenvalue weighted by molar-refractivity contribution is -0.140. The molecule has 0 aliphatic carbocycles. The normalized spacial score (nSPS) is 19.9. The Hall–Kier alpha value is -3.39. The van der Waals surface area contributed by atoms with E-state index in [0.29, 0.717) is 24.7 Å². The number of methoxy groups -OCH3 is 1. The second-order valence-electron chi connectivity index (χ2n) is 6.87. The van der Waals surface area contributed by atoms with Gasteiger partial charge in [-0.3, -0.25) is 9.59 Å². The number of likely N-dealkylation sites (tertiary alicyclic amines) is 1. The van der Waals surface area contributed by atoms with Crippen molar-refractivity contribution in [3.05, 3.63) is 65.0 Å². The van der Waals surface area contributed by atoms with Crippen molar-refractivity contribution in [2.24, 2.45) is 0 Å². The summed E-state index contributed by atoms with van der Waals surface area (Å²) in [5.74, 6) is -1.75. The van der Waals surface area contributed by atoms with Crippen molar-refractivity contribution in [1.29, 1.82) is 0 Å². The van der Waals surface area contributed by atoms with E-state index in [1.807, 2.05) is 0 Å². The molecule has 2 aliphatic heterocycles. The second-order valence-corrected chi connectivity index (χ2v) is 6.87. The molecule has 0 bridgehead atoms. The summed E-state index contributed by atoms with van der Waals surface area (Å²) in [6, 6.07) is 9.49. The molecule has 0 radical (unpaired) electrons. The van der Waals surface area contributed by atoms with E-state index in [2.05, 4.69) is 0 Å². The first-order valence-corrected chi connectivity index (χ1v) is 9.44. The molecule has 4 rings (SSSR count). The van der Waals surface area contributed by atoms with E-state index in [0.717, 1.165) is 0 Å². The molecule has 2 aromatic carbocycles. The van der Waals surface area contributed by atoms with Crippen LogP contribution in [0.5, 0.6) is 11.5 Å². The Bertz CT molecular complexity index is 1030. The number of hydrogen-bond donors (Lipinski definition) is 1. The predicted molar refractivity (Wildman–Crippen MR) is 105 cm³/mol. The maximum Gasteiger partial charge on any atom is 0.295 e. The highest BCUT2D eigenvalue weighted by atomic mass is 19.1. The molecule has 2 aromatic rings. The topological polar surface area (TPSA) is 85.3 Å². The minimum absolute atomic E-state index is 0.0675. The lowest BCUT2D eigenvalue weighted by Gasteiger charge is -2.25. The zero-order chi connectivity index (χ0) is 21.3. The van der Waals surface area contributed by atoms with Gasteiger partial charge in [0.25, 0.3) is 11.7 Å². The van der Waals surface area contributed by atoms with Crippen LogP contribution < -0.4 is 9.47 Å². The first-order valence-electron chi connectivity index (χ1n) is 9.44. The molecule has 1 amide bonds. The molecule has 30 heavy (non-hydrogen) atoms. The number of fused-ring (bicyclic) bond motifs is 1. The molecule has 0 saturated carbocycles. The first kappa shape index (κ1) is 19.9. The monoisotopic (exact) mass is 413 g/mol. The van der Waals surface area contributed by atoms with E-state index in [4.69, 9.17) is 14.2 Å². The van der Waals surface area contributed by atoms with Gasteiger partial charge in [-0.15, -0.1) is 0 Å². The smallest absolute Gasteiger partial charge is 0.295 e. The number of rotatable bonds is 5. The first-order chi connectivity index (χ1) is 14.5. The van der Waals surface area contributed by atoms with Crippen LogP contribution in [0.2, 0.25) is 0 Å². The average Bonchev–Trinajstić information content (AvgIpc) is 3.01. The van der Waals surface area contributed by atoms with Crippen LogP contribution in [-0.2, 0) is 14.3 Å². The van der Waals surface area contributed by atoms with Gasteiger partial charge in [0.2, 0.25) is 0 Å². The Labute approximate surface area is 172 Å². The van der Waals surface area contributed by atoms with Crippen LogP contribution in [0.4, 0.5) is 4.39 Å². The fourth-order valence-electron chi connectivity index (χ4n) is 3.67. The number of ketones is 1. The largest absolute Gasteiger partial charge is 0.507 e. The minimum atomic E-state index is -1.07. The van der Waals surface area contributed by atoms with Gasteiger partial charge < -0.3 is 24.2 Å². The molecule has 1 N–H and O–H groups in total. The quantitative estimate of drug-likeness (QED) is 0.461. The molecule has 8 heteroatoms. The number of halogens is 1. The summed E-state index contributed by atoms with van der Waals surface area (Å²) in [5, 5.41) is 11.0. The highest BCUT2D eigenvalue weighted by Gasteiger charge is 2.46. The lowest BCUT2D eigenvalue weighted by Crippen LogP contribution is -2.33. The van der Waals surface area contributed by atoms with Crippen LogP contribution in [0.15, 0.2) is 48.0 Å². The van der Waals surface area contributed by atoms with E-state index in [9.17, 15) is 19.1 Å². The molecule has 1 unspecified atom stereocenters. The van der Waals surface area contributed by atoms with E-state index in [1.165, 1.54) is 36.3 Å². The van der Waals surface area contributed by atoms with Crippen molar-refractivity contribution >= 4 is 17.4 Å². The van der Waals surface area contributed by atoms with Crippen molar-refractivity contribution in [2.45, 2.75) is 6.04 Å². The fourth-order valence-corrected chi connectivity index (χ4v) is 3.67. The molecule has 2 heterocycles. The summed E-state index contributed by atoms with van der Waals surface area (Å²) in [4.78, 5) is 26.8. The van der Waals surface area contributed by atoms with Crippen LogP contribution in [0, 0.1) is 5.82 Å². The van der Waals surface area contributed by atoms with Crippen LogP contribution in [-0.4, -0.2) is 55.2 Å². The standard InChI is InChI=1S/C22H20FNO6/c1-28-9-8-24-19(14-4-2-3-5-15(14)23)18(21(26)22(24)27)20(25)13-6-7-16-17(12-13)30-11-10-29-16/h2-7,12,19,25H,8-11H2,1H3/b20-18+. The molecule has 0 aromatic heterocycles. The molecular weight excluding hydrogens is 393 g/mol. The molecular formula is C22H20FNO6. The van der Waals surface area contributed by atoms with Gasteiger partial charge in [-0.2, -0.15) is 0 Å². The number of hydrogen-bond acceptors (Lipinski definition) is 6. The predicted octanol–water partition coefficient (Wildman–Crippen LogP) is 2.67. The number of carbonyl (C=O) groups is 2. The summed E-state index contributed by atoms with van der Waals surface area (Å²) in [7, 11) is 1.46. The zero-order valence-corrected chi connectivity index (χ0v) is 16.3. The van der Waals surface area contributed by atoms with E-state index in [-0.39, 0.29) is 29.9 Å². The molecule has 7 nitrogen and oxygen atoms in total. The Morgan fingerprint density at radius 1 is 1.17 bits per heavy atom. The third-order valence-corrected chi connectivity index (χ3v) is 5.09. The van der Waals surface area contributed by atoms with E-state index < -0.39 is 29.3 Å². The van der Waals surface area contributed by atoms with Crippen molar-refractivity contribution in [2.75, 3.05) is 33.5 Å². The number of ether oxygens (including phenoxy) is 3. The van der Waals surface area contributed by atoms with Crippen LogP contribution in [0.1, 0.15) is 17.2 Å². The van der Waals surface area contributed by atoms with Gasteiger partial charge in [-0.1, -0.05) is 18.2 Å². The highest BCUT2D eigenvalue weighted by Crippen LogP contribution is 2.41. The average molecular weight is 413 g/mol. The van der Waals surface area contributed by atoms with Gasteiger partial charge in [-0.05, 0) is 24.3 Å². The Morgan fingerprint density at radius 3 is 2.63 bits per heavy atom. The lowest BCUT2D eigenvalue weighted by atomic mass is 9.95. The van der Waals surface area contributed by atoms with Crippen LogP contribution in [0.25, 0.3) is 5.76 Å². The number of amides is 1. The number of aliphatic hydroxyl groups excluding tert-OH is 1. The molecule has 2 aliphatic rings. The fraction of sp³-hybridized carbons (Fsp3) is 0.273.